The molecule has 2 N–H and O–H groups in total. The summed E-state index contributed by atoms with van der Waals surface area (Å²) in [6, 6.07) is 4.52. The zero-order valence-corrected chi connectivity index (χ0v) is 14.6. The fourth-order valence-electron chi connectivity index (χ4n) is 3.23. The number of nitrogens with zero attached hydrogens (tertiary/aromatic N) is 5. The molecule has 0 fully saturated rings. The predicted octanol–water partition coefficient (Wildman–Crippen LogP) is 2.55. The van der Waals surface area contributed by atoms with Gasteiger partial charge in [0.2, 0.25) is 0 Å². The minimum absolute atomic E-state index is 0.575. The van der Waals surface area contributed by atoms with Crippen LogP contribution in [-0.4, -0.2) is 16.7 Å². The molecule has 0 radical (unpaired) electrons. The number of hydrogen-bond acceptors (Lipinski definition) is 7. The monoisotopic (exact) mass is 338 g/mol. The molecule has 2 aromatic heterocycles. The smallest absolute Gasteiger partial charge is 0.169 e. The molecule has 3 heterocycles. The topological polar surface area (TPSA) is 103 Å². The molecular weight excluding hydrogens is 320 g/mol. The lowest BCUT2D eigenvalue weighted by Crippen LogP contribution is -2.31. The van der Waals surface area contributed by atoms with Gasteiger partial charge in [0.15, 0.2) is 5.82 Å². The Morgan fingerprint density at radius 2 is 1.92 bits per heavy atom. The van der Waals surface area contributed by atoms with Gasteiger partial charge in [0.25, 0.3) is 0 Å². The number of nitriles is 2. The molecule has 0 aromatic carbocycles. The van der Waals surface area contributed by atoms with E-state index in [0.717, 1.165) is 41.0 Å². The fourth-order valence-corrected chi connectivity index (χ4v) is 4.31. The second-order valence-corrected chi connectivity index (χ2v) is 6.81. The van der Waals surface area contributed by atoms with E-state index < -0.39 is 0 Å². The Morgan fingerprint density at radius 1 is 1.17 bits per heavy atom. The van der Waals surface area contributed by atoms with E-state index in [-0.39, 0.29) is 0 Å². The van der Waals surface area contributed by atoms with Crippen molar-refractivity contribution in [2.45, 2.75) is 39.7 Å². The van der Waals surface area contributed by atoms with E-state index in [1.54, 1.807) is 0 Å². The van der Waals surface area contributed by atoms with Gasteiger partial charge in [0.1, 0.15) is 22.7 Å². The van der Waals surface area contributed by atoms with Crippen LogP contribution >= 0.6 is 11.3 Å². The number of nitrogen functional groups attached to an aromatic ring is 1. The van der Waals surface area contributed by atoms with Crippen molar-refractivity contribution < 1.29 is 0 Å². The predicted molar refractivity (Wildman–Crippen MR) is 93.7 cm³/mol. The highest BCUT2D eigenvalue weighted by Crippen LogP contribution is 2.36. The molecule has 0 unspecified atom stereocenters. The van der Waals surface area contributed by atoms with Gasteiger partial charge in [-0.05, 0) is 30.4 Å². The second-order valence-electron chi connectivity index (χ2n) is 5.67. The van der Waals surface area contributed by atoms with Crippen LogP contribution in [0.4, 0.5) is 10.8 Å². The van der Waals surface area contributed by atoms with Crippen LogP contribution in [0.25, 0.3) is 0 Å². The van der Waals surface area contributed by atoms with Gasteiger partial charge >= 0.3 is 0 Å². The first-order chi connectivity index (χ1) is 11.6. The van der Waals surface area contributed by atoms with Crippen molar-refractivity contribution in [2.24, 2.45) is 0 Å². The highest BCUT2D eigenvalue weighted by Gasteiger charge is 2.27. The molecule has 0 atom stereocenters. The van der Waals surface area contributed by atoms with E-state index in [1.807, 2.05) is 13.8 Å². The largest absolute Gasteiger partial charge is 0.389 e. The van der Waals surface area contributed by atoms with Crippen LogP contribution in [0.3, 0.4) is 0 Å². The normalized spacial score (nSPS) is 13.2. The summed E-state index contributed by atoms with van der Waals surface area (Å²) in [7, 11) is 0. The maximum atomic E-state index is 9.66. The van der Waals surface area contributed by atoms with Crippen LogP contribution in [0.1, 0.15) is 46.7 Å². The Bertz CT molecular complexity index is 871. The van der Waals surface area contributed by atoms with Crippen LogP contribution < -0.4 is 10.6 Å². The maximum absolute atomic E-state index is 9.66. The van der Waals surface area contributed by atoms with Crippen molar-refractivity contribution in [3.05, 3.63) is 32.8 Å². The molecule has 3 rings (SSSR count). The quantitative estimate of drug-likeness (QED) is 0.922. The van der Waals surface area contributed by atoms with Crippen LogP contribution in [0.15, 0.2) is 0 Å². The van der Waals surface area contributed by atoms with E-state index in [4.69, 9.17) is 5.73 Å². The van der Waals surface area contributed by atoms with Gasteiger partial charge in [-0.3, -0.25) is 0 Å². The summed E-state index contributed by atoms with van der Waals surface area (Å²) < 4.78 is 0. The molecular formula is C17H18N6S. The second kappa shape index (κ2) is 6.46. The Kier molecular flexibility index (Phi) is 4.37. The molecule has 6 nitrogen and oxygen atoms in total. The van der Waals surface area contributed by atoms with E-state index in [1.165, 1.54) is 11.3 Å². The number of aryl methyl sites for hydroxylation is 1. The van der Waals surface area contributed by atoms with Gasteiger partial charge < -0.3 is 10.6 Å². The van der Waals surface area contributed by atoms with Crippen molar-refractivity contribution in [2.75, 3.05) is 17.2 Å². The van der Waals surface area contributed by atoms with E-state index in [0.29, 0.717) is 35.0 Å². The summed E-state index contributed by atoms with van der Waals surface area (Å²) in [5, 5.41) is 28.2. The van der Waals surface area contributed by atoms with Gasteiger partial charge in [0.05, 0.1) is 17.8 Å². The van der Waals surface area contributed by atoms with Crippen molar-refractivity contribution >= 4 is 22.2 Å². The summed E-state index contributed by atoms with van der Waals surface area (Å²) in [6.45, 7) is 5.38. The number of rotatable bonds is 3. The number of thiophene rings is 1. The average molecular weight is 338 g/mol. The average Bonchev–Trinajstić information content (AvgIpc) is 2.93. The van der Waals surface area contributed by atoms with Gasteiger partial charge in [-0.25, -0.2) is 0 Å². The molecule has 1 aliphatic rings. The van der Waals surface area contributed by atoms with Crippen molar-refractivity contribution in [3.8, 4) is 12.1 Å². The molecule has 122 valence electrons. The molecule has 7 heteroatoms. The number of nitrogens with two attached hydrogens (primary N) is 1. The van der Waals surface area contributed by atoms with Crippen molar-refractivity contribution in [3.63, 3.8) is 0 Å². The minimum atomic E-state index is 0.575. The van der Waals surface area contributed by atoms with Crippen LogP contribution in [0.5, 0.6) is 0 Å². The van der Waals surface area contributed by atoms with Gasteiger partial charge in [-0.15, -0.1) is 16.4 Å². The fraction of sp³-hybridized carbons (Fsp3) is 0.412. The third-order valence-corrected chi connectivity index (χ3v) is 5.48. The third kappa shape index (κ3) is 2.47. The SMILES string of the molecule is CCc1nnc(N2CCc3c(sc(N)c3C#N)C2)c(C#N)c1CC. The molecule has 0 amide bonds. The molecule has 24 heavy (non-hydrogen) atoms. The molecule has 0 saturated carbocycles. The van der Waals surface area contributed by atoms with Crippen molar-refractivity contribution in [1.29, 1.82) is 10.5 Å². The maximum Gasteiger partial charge on any atom is 0.169 e. The summed E-state index contributed by atoms with van der Waals surface area (Å²) >= 11 is 1.45. The first kappa shape index (κ1) is 16.2. The Hall–Kier alpha value is -2.64. The molecule has 0 aliphatic carbocycles. The van der Waals surface area contributed by atoms with Gasteiger partial charge in [-0.1, -0.05) is 13.8 Å². The Morgan fingerprint density at radius 3 is 2.54 bits per heavy atom. The summed E-state index contributed by atoms with van der Waals surface area (Å²) in [6.07, 6.45) is 2.26. The van der Waals surface area contributed by atoms with Crippen LogP contribution in [0, 0.1) is 22.7 Å². The zero-order chi connectivity index (χ0) is 17.3. The first-order valence-corrected chi connectivity index (χ1v) is 8.79. The molecule has 0 saturated heterocycles. The van der Waals surface area contributed by atoms with E-state index in [9.17, 15) is 10.5 Å². The number of anilines is 2. The van der Waals surface area contributed by atoms with Gasteiger partial charge in [-0.2, -0.15) is 15.6 Å². The lowest BCUT2D eigenvalue weighted by Gasteiger charge is -2.29. The molecule has 1 aliphatic heterocycles. The minimum Gasteiger partial charge on any atom is -0.389 e. The standard InChI is InChI=1S/C17H18N6S/c1-3-10-13(8-19)17(22-21-14(10)4-2)23-6-5-11-12(7-18)16(20)24-15(11)9-23/h3-6,9,20H2,1-2H3. The lowest BCUT2D eigenvalue weighted by atomic mass is 10.0. The van der Waals surface area contributed by atoms with Crippen molar-refractivity contribution in [1.82, 2.24) is 10.2 Å². The van der Waals surface area contributed by atoms with Crippen LogP contribution in [0.2, 0.25) is 0 Å². The number of hydrogen-bond donors (Lipinski definition) is 1. The molecule has 0 spiro atoms. The summed E-state index contributed by atoms with van der Waals surface area (Å²) in [5.41, 5.74) is 10.1. The highest BCUT2D eigenvalue weighted by molar-refractivity contribution is 7.16. The summed E-state index contributed by atoms with van der Waals surface area (Å²) in [5.74, 6) is 0.641. The van der Waals surface area contributed by atoms with Gasteiger partial charge in [0, 0.05) is 11.4 Å². The molecule has 2 aromatic rings. The van der Waals surface area contributed by atoms with Crippen LogP contribution in [-0.2, 0) is 25.8 Å². The summed E-state index contributed by atoms with van der Waals surface area (Å²) in [4.78, 5) is 3.16. The lowest BCUT2D eigenvalue weighted by molar-refractivity contribution is 0.714. The first-order valence-electron chi connectivity index (χ1n) is 7.98. The number of aromatic nitrogens is 2. The zero-order valence-electron chi connectivity index (χ0n) is 13.8. The Balaban J connectivity index is 2.02. The molecule has 0 bridgehead atoms. The van der Waals surface area contributed by atoms with E-state index >= 15 is 0 Å². The highest BCUT2D eigenvalue weighted by atomic mass is 32.1. The third-order valence-electron chi connectivity index (χ3n) is 4.43. The van der Waals surface area contributed by atoms with E-state index in [2.05, 4.69) is 27.2 Å². The Labute approximate surface area is 145 Å². The number of fused-ring (bicyclic) bond motifs is 1.